The van der Waals surface area contributed by atoms with E-state index in [-0.39, 0.29) is 18.3 Å². The average molecular weight is 272 g/mol. The van der Waals surface area contributed by atoms with Gasteiger partial charge in [-0.3, -0.25) is 4.79 Å². The molecule has 1 aromatic rings. The lowest BCUT2D eigenvalue weighted by Gasteiger charge is -2.17. The van der Waals surface area contributed by atoms with Crippen molar-refractivity contribution in [2.75, 3.05) is 26.2 Å². The fourth-order valence-corrected chi connectivity index (χ4v) is 2.16. The van der Waals surface area contributed by atoms with Crippen molar-refractivity contribution in [3.8, 4) is 0 Å². The monoisotopic (exact) mass is 271 g/mol. The molecule has 0 aromatic carbocycles. The van der Waals surface area contributed by atoms with Crippen LogP contribution in [0.1, 0.15) is 41.4 Å². The zero-order chi connectivity index (χ0) is 11.7. The lowest BCUT2D eigenvalue weighted by atomic mass is 10.2. The van der Waals surface area contributed by atoms with Crippen LogP contribution in [0.3, 0.4) is 0 Å². The van der Waals surface area contributed by atoms with Gasteiger partial charge in [0.25, 0.3) is 5.91 Å². The molecule has 3 rings (SSSR count). The minimum absolute atomic E-state index is 0. The first-order valence-electron chi connectivity index (χ1n) is 6.31. The summed E-state index contributed by atoms with van der Waals surface area (Å²) >= 11 is 0. The van der Waals surface area contributed by atoms with Crippen molar-refractivity contribution in [3.63, 3.8) is 0 Å². The SMILES string of the molecule is Cl.O=C(c1cc(C2CC2)on1)N1CCCNCC1. The zero-order valence-corrected chi connectivity index (χ0v) is 11.0. The molecule has 18 heavy (non-hydrogen) atoms. The second-order valence-corrected chi connectivity index (χ2v) is 4.78. The van der Waals surface area contributed by atoms with Gasteiger partial charge in [-0.15, -0.1) is 12.4 Å². The van der Waals surface area contributed by atoms with E-state index in [9.17, 15) is 4.79 Å². The third-order valence-corrected chi connectivity index (χ3v) is 3.35. The molecule has 100 valence electrons. The quantitative estimate of drug-likeness (QED) is 0.884. The van der Waals surface area contributed by atoms with E-state index >= 15 is 0 Å². The van der Waals surface area contributed by atoms with Gasteiger partial charge in [-0.1, -0.05) is 5.16 Å². The van der Waals surface area contributed by atoms with Crippen molar-refractivity contribution in [1.82, 2.24) is 15.4 Å². The van der Waals surface area contributed by atoms with E-state index in [1.54, 1.807) is 0 Å². The molecule has 2 fully saturated rings. The molecule has 1 amide bonds. The summed E-state index contributed by atoms with van der Waals surface area (Å²) in [7, 11) is 0. The molecule has 0 spiro atoms. The van der Waals surface area contributed by atoms with E-state index in [2.05, 4.69) is 10.5 Å². The van der Waals surface area contributed by atoms with E-state index in [1.165, 1.54) is 0 Å². The summed E-state index contributed by atoms with van der Waals surface area (Å²) in [5, 5.41) is 7.18. The molecule has 0 bridgehead atoms. The standard InChI is InChI=1S/C12H17N3O2.ClH/c16-12(15-6-1-4-13-5-7-15)10-8-11(17-14-10)9-2-3-9;/h8-9,13H,1-7H2;1H. The van der Waals surface area contributed by atoms with E-state index in [0.29, 0.717) is 11.6 Å². The Balaban J connectivity index is 0.00000120. The van der Waals surface area contributed by atoms with Gasteiger partial charge in [0.15, 0.2) is 5.69 Å². The maximum absolute atomic E-state index is 12.2. The Morgan fingerprint density at radius 2 is 2.22 bits per heavy atom. The molecule has 0 radical (unpaired) electrons. The van der Waals surface area contributed by atoms with Gasteiger partial charge >= 0.3 is 0 Å². The summed E-state index contributed by atoms with van der Waals surface area (Å²) in [6.07, 6.45) is 3.33. The lowest BCUT2D eigenvalue weighted by molar-refractivity contribution is 0.0756. The summed E-state index contributed by atoms with van der Waals surface area (Å²) < 4.78 is 5.22. The number of aromatic nitrogens is 1. The van der Waals surface area contributed by atoms with Gasteiger partial charge in [0.05, 0.1) is 0 Å². The first kappa shape index (κ1) is 13.4. The van der Waals surface area contributed by atoms with Crippen LogP contribution in [-0.2, 0) is 0 Å². The van der Waals surface area contributed by atoms with Gasteiger partial charge in [-0.2, -0.15) is 0 Å². The highest BCUT2D eigenvalue weighted by Gasteiger charge is 2.29. The second kappa shape index (κ2) is 5.71. The maximum atomic E-state index is 12.2. The fourth-order valence-electron chi connectivity index (χ4n) is 2.16. The van der Waals surface area contributed by atoms with E-state index in [1.807, 2.05) is 11.0 Å². The Morgan fingerprint density at radius 1 is 1.39 bits per heavy atom. The third kappa shape index (κ3) is 2.84. The number of hydrogen-bond acceptors (Lipinski definition) is 4. The van der Waals surface area contributed by atoms with E-state index in [4.69, 9.17) is 4.52 Å². The Kier molecular flexibility index (Phi) is 4.24. The van der Waals surface area contributed by atoms with Crippen molar-refractivity contribution in [2.45, 2.75) is 25.2 Å². The molecule has 2 aliphatic rings. The summed E-state index contributed by atoms with van der Waals surface area (Å²) in [5.41, 5.74) is 0.466. The van der Waals surface area contributed by atoms with E-state index < -0.39 is 0 Å². The summed E-state index contributed by atoms with van der Waals surface area (Å²) in [5.74, 6) is 1.39. The molecule has 5 nitrogen and oxygen atoms in total. The Bertz CT molecular complexity index is 409. The van der Waals surface area contributed by atoms with Gasteiger partial charge in [0, 0.05) is 31.6 Å². The normalized spacial score (nSPS) is 20.1. The minimum atomic E-state index is 0. The number of amides is 1. The van der Waals surface area contributed by atoms with Crippen LogP contribution in [0, 0.1) is 0 Å². The van der Waals surface area contributed by atoms with Crippen LogP contribution >= 0.6 is 12.4 Å². The number of halogens is 1. The maximum Gasteiger partial charge on any atom is 0.276 e. The average Bonchev–Trinajstić information content (AvgIpc) is 3.13. The second-order valence-electron chi connectivity index (χ2n) is 4.78. The van der Waals surface area contributed by atoms with Crippen molar-refractivity contribution in [1.29, 1.82) is 0 Å². The van der Waals surface area contributed by atoms with Crippen molar-refractivity contribution >= 4 is 18.3 Å². The molecule has 1 saturated carbocycles. The van der Waals surface area contributed by atoms with Crippen LogP contribution in [0.4, 0.5) is 0 Å². The largest absolute Gasteiger partial charge is 0.360 e. The zero-order valence-electron chi connectivity index (χ0n) is 10.2. The highest BCUT2D eigenvalue weighted by atomic mass is 35.5. The Hall–Kier alpha value is -1.07. The van der Waals surface area contributed by atoms with Crippen molar-refractivity contribution < 1.29 is 9.32 Å². The molecular weight excluding hydrogens is 254 g/mol. The van der Waals surface area contributed by atoms with Crippen LogP contribution in [-0.4, -0.2) is 42.1 Å². The van der Waals surface area contributed by atoms with Crippen LogP contribution < -0.4 is 5.32 Å². The van der Waals surface area contributed by atoms with Gasteiger partial charge in [0.1, 0.15) is 5.76 Å². The van der Waals surface area contributed by atoms with Gasteiger partial charge < -0.3 is 14.7 Å². The molecule has 0 atom stereocenters. The van der Waals surface area contributed by atoms with Gasteiger partial charge in [0.2, 0.25) is 0 Å². The predicted molar refractivity (Wildman–Crippen MR) is 69.1 cm³/mol. The van der Waals surface area contributed by atoms with Crippen LogP contribution in [0.25, 0.3) is 0 Å². The first-order chi connectivity index (χ1) is 8.34. The predicted octanol–water partition coefficient (Wildman–Crippen LogP) is 1.41. The molecule has 6 heteroatoms. The van der Waals surface area contributed by atoms with Crippen LogP contribution in [0.5, 0.6) is 0 Å². The van der Waals surface area contributed by atoms with Gasteiger partial charge in [-0.05, 0) is 25.8 Å². The van der Waals surface area contributed by atoms with Crippen LogP contribution in [0.2, 0.25) is 0 Å². The number of nitrogens with zero attached hydrogens (tertiary/aromatic N) is 2. The smallest absolute Gasteiger partial charge is 0.276 e. The number of hydrogen-bond donors (Lipinski definition) is 1. The van der Waals surface area contributed by atoms with Crippen LogP contribution in [0.15, 0.2) is 10.6 Å². The summed E-state index contributed by atoms with van der Waals surface area (Å²) in [6, 6.07) is 1.82. The summed E-state index contributed by atoms with van der Waals surface area (Å²) in [6.45, 7) is 3.40. The summed E-state index contributed by atoms with van der Waals surface area (Å²) in [4.78, 5) is 14.0. The number of rotatable bonds is 2. The number of carbonyl (C=O) groups excluding carboxylic acids is 1. The molecule has 1 saturated heterocycles. The third-order valence-electron chi connectivity index (χ3n) is 3.35. The molecule has 1 N–H and O–H groups in total. The Morgan fingerprint density at radius 3 is 3.00 bits per heavy atom. The topological polar surface area (TPSA) is 58.4 Å². The van der Waals surface area contributed by atoms with Gasteiger partial charge in [-0.25, -0.2) is 0 Å². The lowest BCUT2D eigenvalue weighted by Crippen LogP contribution is -2.34. The molecule has 0 unspecified atom stereocenters. The molecule has 1 aromatic heterocycles. The molecular formula is C12H18ClN3O2. The Labute approximate surface area is 112 Å². The van der Waals surface area contributed by atoms with Crippen molar-refractivity contribution in [3.05, 3.63) is 17.5 Å². The van der Waals surface area contributed by atoms with E-state index in [0.717, 1.165) is 51.2 Å². The van der Waals surface area contributed by atoms with Crippen molar-refractivity contribution in [2.24, 2.45) is 0 Å². The number of nitrogens with one attached hydrogen (secondary N) is 1. The highest BCUT2D eigenvalue weighted by Crippen LogP contribution is 2.40. The number of carbonyl (C=O) groups is 1. The molecule has 1 aliphatic heterocycles. The molecule has 2 heterocycles. The first-order valence-corrected chi connectivity index (χ1v) is 6.31. The minimum Gasteiger partial charge on any atom is -0.360 e. The highest BCUT2D eigenvalue weighted by molar-refractivity contribution is 5.92. The molecule has 1 aliphatic carbocycles. The fraction of sp³-hybridized carbons (Fsp3) is 0.667.